The van der Waals surface area contributed by atoms with Gasteiger partial charge in [-0.25, -0.2) is 0 Å². The predicted molar refractivity (Wildman–Crippen MR) is 46.4 cm³/mol. The molecule has 1 atom stereocenters. The van der Waals surface area contributed by atoms with Crippen molar-refractivity contribution in [1.82, 2.24) is 0 Å². The van der Waals surface area contributed by atoms with Gasteiger partial charge in [0.25, 0.3) is 0 Å². The van der Waals surface area contributed by atoms with Crippen LogP contribution in [0.25, 0.3) is 0 Å². The lowest BCUT2D eigenvalue weighted by Gasteiger charge is -2.46. The summed E-state index contributed by atoms with van der Waals surface area (Å²) < 4.78 is 5.47. The van der Waals surface area contributed by atoms with E-state index >= 15 is 0 Å². The summed E-state index contributed by atoms with van der Waals surface area (Å²) in [5.74, 6) is 0.523. The molecule has 1 aliphatic carbocycles. The molecule has 1 saturated carbocycles. The average molecular weight is 157 g/mol. The number of hydrogen-bond acceptors (Lipinski definition) is 2. The van der Waals surface area contributed by atoms with Crippen LogP contribution in [0.15, 0.2) is 0 Å². The first-order valence-corrected chi connectivity index (χ1v) is 4.43. The van der Waals surface area contributed by atoms with Crippen molar-refractivity contribution in [2.24, 2.45) is 11.7 Å². The average Bonchev–Trinajstić information content (AvgIpc) is 1.86. The Morgan fingerprint density at radius 2 is 1.91 bits per heavy atom. The molecule has 0 amide bonds. The van der Waals surface area contributed by atoms with E-state index in [9.17, 15) is 0 Å². The van der Waals surface area contributed by atoms with E-state index in [2.05, 4.69) is 13.8 Å². The maximum Gasteiger partial charge on any atom is 0.0831 e. The Hall–Kier alpha value is -0.0800. The van der Waals surface area contributed by atoms with Crippen molar-refractivity contribution in [1.29, 1.82) is 0 Å². The Morgan fingerprint density at radius 3 is 2.00 bits per heavy atom. The molecule has 0 aromatic carbocycles. The normalized spacial score (nSPS) is 24.8. The van der Waals surface area contributed by atoms with Crippen LogP contribution in [0.5, 0.6) is 0 Å². The van der Waals surface area contributed by atoms with Gasteiger partial charge < -0.3 is 10.5 Å². The Bertz CT molecular complexity index is 124. The third-order valence-corrected chi connectivity index (χ3v) is 2.93. The van der Waals surface area contributed by atoms with Gasteiger partial charge in [-0.1, -0.05) is 13.8 Å². The van der Waals surface area contributed by atoms with Crippen molar-refractivity contribution in [2.45, 2.75) is 44.8 Å². The molecule has 2 nitrogen and oxygen atoms in total. The van der Waals surface area contributed by atoms with E-state index < -0.39 is 0 Å². The van der Waals surface area contributed by atoms with Gasteiger partial charge in [-0.2, -0.15) is 0 Å². The van der Waals surface area contributed by atoms with Gasteiger partial charge in [0.1, 0.15) is 0 Å². The highest BCUT2D eigenvalue weighted by atomic mass is 16.5. The van der Waals surface area contributed by atoms with Crippen LogP contribution in [-0.4, -0.2) is 18.8 Å². The zero-order valence-electron chi connectivity index (χ0n) is 7.76. The fraction of sp³-hybridized carbons (Fsp3) is 1.00. The topological polar surface area (TPSA) is 35.2 Å². The maximum atomic E-state index is 6.04. The molecule has 0 radical (unpaired) electrons. The molecule has 1 fully saturated rings. The molecular formula is C9H19NO. The standard InChI is InChI=1S/C9H19NO/c1-7(2)8(10)9(11-3)5-4-6-9/h7-8H,4-6,10H2,1-3H3. The second kappa shape index (κ2) is 3.11. The molecule has 1 rings (SSSR count). The SMILES string of the molecule is COC1(C(N)C(C)C)CCC1. The Labute approximate surface area is 69.1 Å². The molecule has 0 heterocycles. The predicted octanol–water partition coefficient (Wildman–Crippen LogP) is 1.54. The van der Waals surface area contributed by atoms with Crippen LogP contribution in [0.2, 0.25) is 0 Å². The molecule has 2 heteroatoms. The van der Waals surface area contributed by atoms with Crippen molar-refractivity contribution in [3.05, 3.63) is 0 Å². The highest BCUT2D eigenvalue weighted by molar-refractivity contribution is 4.99. The highest BCUT2D eigenvalue weighted by Gasteiger charge is 2.43. The van der Waals surface area contributed by atoms with Crippen molar-refractivity contribution in [2.75, 3.05) is 7.11 Å². The summed E-state index contributed by atoms with van der Waals surface area (Å²) in [6.07, 6.45) is 3.56. The van der Waals surface area contributed by atoms with E-state index in [1.807, 2.05) is 0 Å². The van der Waals surface area contributed by atoms with E-state index in [1.165, 1.54) is 6.42 Å². The van der Waals surface area contributed by atoms with E-state index in [-0.39, 0.29) is 11.6 Å². The molecule has 1 unspecified atom stereocenters. The molecule has 2 N–H and O–H groups in total. The van der Waals surface area contributed by atoms with Crippen LogP contribution in [0.1, 0.15) is 33.1 Å². The first kappa shape index (κ1) is 9.01. The number of rotatable bonds is 3. The molecule has 0 spiro atoms. The van der Waals surface area contributed by atoms with Gasteiger partial charge in [0.2, 0.25) is 0 Å². The second-order valence-corrected chi connectivity index (χ2v) is 3.89. The Balaban J connectivity index is 2.54. The third kappa shape index (κ3) is 1.42. The summed E-state index contributed by atoms with van der Waals surface area (Å²) >= 11 is 0. The molecule has 1 aliphatic rings. The van der Waals surface area contributed by atoms with Crippen molar-refractivity contribution >= 4 is 0 Å². The lowest BCUT2D eigenvalue weighted by atomic mass is 9.71. The lowest BCUT2D eigenvalue weighted by Crippen LogP contribution is -2.56. The van der Waals surface area contributed by atoms with Gasteiger partial charge in [-0.15, -0.1) is 0 Å². The van der Waals surface area contributed by atoms with Gasteiger partial charge in [-0.05, 0) is 25.2 Å². The largest absolute Gasteiger partial charge is 0.377 e. The van der Waals surface area contributed by atoms with Gasteiger partial charge in [0.05, 0.1) is 5.60 Å². The summed E-state index contributed by atoms with van der Waals surface area (Å²) in [6, 6.07) is 0.209. The van der Waals surface area contributed by atoms with Crippen LogP contribution >= 0.6 is 0 Å². The minimum Gasteiger partial charge on any atom is -0.377 e. The summed E-state index contributed by atoms with van der Waals surface area (Å²) in [6.45, 7) is 4.31. The number of methoxy groups -OCH3 is 1. The molecule has 11 heavy (non-hydrogen) atoms. The third-order valence-electron chi connectivity index (χ3n) is 2.93. The maximum absolute atomic E-state index is 6.04. The monoisotopic (exact) mass is 157 g/mol. The zero-order valence-corrected chi connectivity index (χ0v) is 7.76. The van der Waals surface area contributed by atoms with Gasteiger partial charge in [-0.3, -0.25) is 0 Å². The van der Waals surface area contributed by atoms with Crippen LogP contribution in [0.4, 0.5) is 0 Å². The molecule has 0 aromatic heterocycles. The Kier molecular flexibility index (Phi) is 2.55. The smallest absolute Gasteiger partial charge is 0.0831 e. The van der Waals surface area contributed by atoms with E-state index in [4.69, 9.17) is 10.5 Å². The van der Waals surface area contributed by atoms with Crippen molar-refractivity contribution < 1.29 is 4.74 Å². The quantitative estimate of drug-likeness (QED) is 0.674. The fourth-order valence-corrected chi connectivity index (χ4v) is 1.81. The molecule has 66 valence electrons. The van der Waals surface area contributed by atoms with E-state index in [0.717, 1.165) is 12.8 Å². The van der Waals surface area contributed by atoms with Gasteiger partial charge in [0, 0.05) is 13.2 Å². The molecule has 0 bridgehead atoms. The second-order valence-electron chi connectivity index (χ2n) is 3.89. The molecule has 0 aliphatic heterocycles. The van der Waals surface area contributed by atoms with Gasteiger partial charge in [0.15, 0.2) is 0 Å². The number of hydrogen-bond donors (Lipinski definition) is 1. The highest BCUT2D eigenvalue weighted by Crippen LogP contribution is 2.39. The molecular weight excluding hydrogens is 138 g/mol. The first-order valence-electron chi connectivity index (χ1n) is 4.43. The van der Waals surface area contributed by atoms with E-state index in [1.54, 1.807) is 7.11 Å². The number of nitrogens with two attached hydrogens (primary N) is 1. The van der Waals surface area contributed by atoms with E-state index in [0.29, 0.717) is 5.92 Å². The molecule has 0 aromatic rings. The zero-order chi connectivity index (χ0) is 8.48. The Morgan fingerprint density at radius 1 is 1.36 bits per heavy atom. The summed E-state index contributed by atoms with van der Waals surface area (Å²) in [7, 11) is 1.78. The van der Waals surface area contributed by atoms with Crippen LogP contribution in [-0.2, 0) is 4.74 Å². The minimum absolute atomic E-state index is 0.0220. The van der Waals surface area contributed by atoms with Crippen LogP contribution < -0.4 is 5.73 Å². The van der Waals surface area contributed by atoms with Crippen molar-refractivity contribution in [3.8, 4) is 0 Å². The summed E-state index contributed by atoms with van der Waals surface area (Å²) in [4.78, 5) is 0. The van der Waals surface area contributed by atoms with Crippen LogP contribution in [0, 0.1) is 5.92 Å². The van der Waals surface area contributed by atoms with Crippen molar-refractivity contribution in [3.63, 3.8) is 0 Å². The van der Waals surface area contributed by atoms with Crippen LogP contribution in [0.3, 0.4) is 0 Å². The number of ether oxygens (including phenoxy) is 1. The first-order chi connectivity index (χ1) is 5.12. The molecule has 0 saturated heterocycles. The lowest BCUT2D eigenvalue weighted by molar-refractivity contribution is -0.0989. The minimum atomic E-state index is 0.0220. The fourth-order valence-electron chi connectivity index (χ4n) is 1.81. The summed E-state index contributed by atoms with van der Waals surface area (Å²) in [5.41, 5.74) is 6.06. The van der Waals surface area contributed by atoms with Gasteiger partial charge >= 0.3 is 0 Å². The summed E-state index contributed by atoms with van der Waals surface area (Å²) in [5, 5.41) is 0.